The predicted molar refractivity (Wildman–Crippen MR) is 84.7 cm³/mol. The van der Waals surface area contributed by atoms with Gasteiger partial charge in [0.1, 0.15) is 9.88 Å². The van der Waals surface area contributed by atoms with Gasteiger partial charge < -0.3 is 10.0 Å². The van der Waals surface area contributed by atoms with Crippen molar-refractivity contribution in [2.75, 3.05) is 6.54 Å². The molecule has 1 aliphatic heterocycles. The molecule has 3 rings (SSSR count). The molecule has 1 amide bonds. The van der Waals surface area contributed by atoms with Crippen molar-refractivity contribution in [2.24, 2.45) is 7.05 Å². The van der Waals surface area contributed by atoms with Gasteiger partial charge in [0.05, 0.1) is 24.0 Å². The number of likely N-dealkylation sites (tertiary alicyclic amines) is 1. The number of aryl methyl sites for hydroxylation is 1. The molecule has 0 aliphatic carbocycles. The van der Waals surface area contributed by atoms with Crippen LogP contribution in [0.1, 0.15) is 36.4 Å². The van der Waals surface area contributed by atoms with E-state index in [1.807, 2.05) is 13.2 Å². The van der Waals surface area contributed by atoms with Gasteiger partial charge >= 0.3 is 0 Å². The van der Waals surface area contributed by atoms with Crippen LogP contribution in [0.15, 0.2) is 18.6 Å². The lowest BCUT2D eigenvalue weighted by atomic mass is 9.96. The zero-order chi connectivity index (χ0) is 15.9. The fraction of sp³-hybridized carbons (Fsp3) is 0.533. The van der Waals surface area contributed by atoms with Crippen LogP contribution in [0.2, 0.25) is 0 Å². The Morgan fingerprint density at radius 3 is 2.86 bits per heavy atom. The number of amides is 1. The Hall–Kier alpha value is -1.73. The van der Waals surface area contributed by atoms with Crippen molar-refractivity contribution in [1.82, 2.24) is 19.7 Å². The lowest BCUT2D eigenvalue weighted by Crippen LogP contribution is -2.48. The van der Waals surface area contributed by atoms with Gasteiger partial charge in [-0.25, -0.2) is 4.98 Å². The molecule has 118 valence electrons. The summed E-state index contributed by atoms with van der Waals surface area (Å²) < 4.78 is 1.71. The molecule has 0 bridgehead atoms. The normalized spacial score (nSPS) is 18.9. The molecule has 1 N–H and O–H groups in total. The Labute approximate surface area is 133 Å². The second-order valence-corrected chi connectivity index (χ2v) is 7.27. The molecule has 0 saturated carbocycles. The molecule has 1 atom stereocenters. The van der Waals surface area contributed by atoms with Crippen LogP contribution in [-0.2, 0) is 7.05 Å². The highest BCUT2D eigenvalue weighted by Gasteiger charge is 2.39. The van der Waals surface area contributed by atoms with Crippen molar-refractivity contribution in [3.8, 4) is 10.6 Å². The van der Waals surface area contributed by atoms with Gasteiger partial charge in [-0.05, 0) is 26.7 Å². The highest BCUT2D eigenvalue weighted by Crippen LogP contribution is 2.31. The van der Waals surface area contributed by atoms with Crippen molar-refractivity contribution < 1.29 is 9.90 Å². The molecule has 0 aromatic carbocycles. The van der Waals surface area contributed by atoms with Crippen LogP contribution in [0, 0.1) is 0 Å². The molecule has 3 heterocycles. The molecule has 0 spiro atoms. The average molecular weight is 320 g/mol. The highest BCUT2D eigenvalue weighted by atomic mass is 32.1. The lowest BCUT2D eigenvalue weighted by molar-refractivity contribution is 0.000510. The Kier molecular flexibility index (Phi) is 3.78. The number of rotatable bonds is 3. The molecule has 1 unspecified atom stereocenters. The maximum atomic E-state index is 12.7. The average Bonchev–Trinajstić information content (AvgIpc) is 3.16. The fourth-order valence-electron chi connectivity index (χ4n) is 2.92. The summed E-state index contributed by atoms with van der Waals surface area (Å²) in [6.45, 7) is 4.21. The summed E-state index contributed by atoms with van der Waals surface area (Å²) in [5.74, 6) is -0.0442. The van der Waals surface area contributed by atoms with Crippen LogP contribution >= 0.6 is 11.3 Å². The number of hydrogen-bond acceptors (Lipinski definition) is 5. The van der Waals surface area contributed by atoms with Gasteiger partial charge in [-0.3, -0.25) is 9.48 Å². The molecule has 1 aliphatic rings. The van der Waals surface area contributed by atoms with Crippen LogP contribution in [0.5, 0.6) is 0 Å². The van der Waals surface area contributed by atoms with E-state index in [9.17, 15) is 9.90 Å². The summed E-state index contributed by atoms with van der Waals surface area (Å²) in [6.07, 6.45) is 7.00. The van der Waals surface area contributed by atoms with Gasteiger partial charge in [-0.15, -0.1) is 11.3 Å². The summed E-state index contributed by atoms with van der Waals surface area (Å²) in [4.78, 5) is 19.4. The molecule has 7 heteroatoms. The quantitative estimate of drug-likeness (QED) is 0.938. The van der Waals surface area contributed by atoms with Gasteiger partial charge in [0.2, 0.25) is 0 Å². The molecule has 0 radical (unpaired) electrons. The first-order chi connectivity index (χ1) is 10.4. The first-order valence-electron chi connectivity index (χ1n) is 7.34. The van der Waals surface area contributed by atoms with E-state index in [-0.39, 0.29) is 11.9 Å². The minimum absolute atomic E-state index is 0.0442. The number of carbonyl (C=O) groups excluding carboxylic acids is 1. The molecule has 1 fully saturated rings. The van der Waals surface area contributed by atoms with Crippen LogP contribution in [0.25, 0.3) is 10.6 Å². The predicted octanol–water partition coefficient (Wildman–Crippen LogP) is 1.92. The minimum Gasteiger partial charge on any atom is -0.388 e. The van der Waals surface area contributed by atoms with Gasteiger partial charge in [0.25, 0.3) is 5.91 Å². The van der Waals surface area contributed by atoms with E-state index in [2.05, 4.69) is 10.1 Å². The molecule has 6 nitrogen and oxygen atoms in total. The van der Waals surface area contributed by atoms with Crippen LogP contribution in [-0.4, -0.2) is 48.9 Å². The number of nitrogens with zero attached hydrogens (tertiary/aromatic N) is 4. The van der Waals surface area contributed by atoms with E-state index in [4.69, 9.17) is 0 Å². The van der Waals surface area contributed by atoms with Gasteiger partial charge in [-0.1, -0.05) is 0 Å². The van der Waals surface area contributed by atoms with Crippen molar-refractivity contribution in [2.45, 2.75) is 38.3 Å². The Balaban J connectivity index is 1.82. The van der Waals surface area contributed by atoms with Crippen LogP contribution in [0.3, 0.4) is 0 Å². The second kappa shape index (κ2) is 5.48. The first-order valence-corrected chi connectivity index (χ1v) is 8.16. The first kappa shape index (κ1) is 15.2. The Bertz CT molecular complexity index is 686. The maximum absolute atomic E-state index is 12.7. The summed E-state index contributed by atoms with van der Waals surface area (Å²) in [7, 11) is 1.85. The standard InChI is InChI=1S/C15H20N4O2S/c1-15(2,21)12-5-4-6-19(12)14(20)11-8-16-13(22-11)10-7-17-18(3)9-10/h7-9,12,21H,4-6H2,1-3H3. The SMILES string of the molecule is Cn1cc(-c2ncc(C(=O)N3CCCC3C(C)(C)O)s2)cn1. The third-order valence-electron chi connectivity index (χ3n) is 4.00. The molecule has 2 aromatic heterocycles. The smallest absolute Gasteiger partial charge is 0.265 e. The van der Waals surface area contributed by atoms with E-state index in [1.165, 1.54) is 11.3 Å². The largest absolute Gasteiger partial charge is 0.388 e. The molecule has 2 aromatic rings. The van der Waals surface area contributed by atoms with Crippen molar-refractivity contribution >= 4 is 17.2 Å². The topological polar surface area (TPSA) is 71.2 Å². The molecule has 22 heavy (non-hydrogen) atoms. The summed E-state index contributed by atoms with van der Waals surface area (Å²) in [5, 5.41) is 15.2. The van der Waals surface area contributed by atoms with E-state index < -0.39 is 5.60 Å². The fourth-order valence-corrected chi connectivity index (χ4v) is 3.77. The van der Waals surface area contributed by atoms with Crippen molar-refractivity contribution in [3.63, 3.8) is 0 Å². The minimum atomic E-state index is -0.886. The van der Waals surface area contributed by atoms with Crippen molar-refractivity contribution in [1.29, 1.82) is 0 Å². The second-order valence-electron chi connectivity index (χ2n) is 6.24. The van der Waals surface area contributed by atoms with Gasteiger partial charge in [0, 0.05) is 25.4 Å². The van der Waals surface area contributed by atoms with E-state index >= 15 is 0 Å². The highest BCUT2D eigenvalue weighted by molar-refractivity contribution is 7.16. The van der Waals surface area contributed by atoms with E-state index in [0.29, 0.717) is 11.4 Å². The maximum Gasteiger partial charge on any atom is 0.265 e. The molecular formula is C15H20N4O2S. The summed E-state index contributed by atoms with van der Waals surface area (Å²) >= 11 is 1.37. The third kappa shape index (κ3) is 2.78. The molecule has 1 saturated heterocycles. The van der Waals surface area contributed by atoms with Gasteiger partial charge in [0.15, 0.2) is 0 Å². The lowest BCUT2D eigenvalue weighted by Gasteiger charge is -2.33. The number of carbonyl (C=O) groups is 1. The molecular weight excluding hydrogens is 300 g/mol. The Morgan fingerprint density at radius 2 is 2.23 bits per heavy atom. The monoisotopic (exact) mass is 320 g/mol. The van der Waals surface area contributed by atoms with E-state index in [1.54, 1.807) is 35.8 Å². The summed E-state index contributed by atoms with van der Waals surface area (Å²) in [5.41, 5.74) is 0.0234. The van der Waals surface area contributed by atoms with Crippen molar-refractivity contribution in [3.05, 3.63) is 23.5 Å². The van der Waals surface area contributed by atoms with E-state index in [0.717, 1.165) is 23.4 Å². The third-order valence-corrected chi connectivity index (χ3v) is 5.03. The zero-order valence-corrected chi connectivity index (χ0v) is 13.8. The Morgan fingerprint density at radius 1 is 1.45 bits per heavy atom. The van der Waals surface area contributed by atoms with Crippen LogP contribution in [0.4, 0.5) is 0 Å². The zero-order valence-electron chi connectivity index (χ0n) is 13.0. The number of hydrogen-bond donors (Lipinski definition) is 1. The summed E-state index contributed by atoms with van der Waals surface area (Å²) in [6, 6.07) is -0.135. The van der Waals surface area contributed by atoms with Gasteiger partial charge in [-0.2, -0.15) is 5.10 Å². The number of aliphatic hydroxyl groups is 1. The number of thiazole rings is 1. The number of aromatic nitrogens is 3. The van der Waals surface area contributed by atoms with Crippen LogP contribution < -0.4 is 0 Å².